The number of nitrogens with zero attached hydrogens (tertiary/aromatic N) is 1. The van der Waals surface area contributed by atoms with E-state index in [1.807, 2.05) is 48.8 Å². The van der Waals surface area contributed by atoms with E-state index in [1.54, 1.807) is 0 Å². The first-order valence-corrected chi connectivity index (χ1v) is 20.8. The van der Waals surface area contributed by atoms with E-state index >= 15 is 0 Å². The van der Waals surface area contributed by atoms with Gasteiger partial charge < -0.3 is 4.90 Å². The van der Waals surface area contributed by atoms with Gasteiger partial charge in [0.2, 0.25) is 0 Å². The average Bonchev–Trinajstić information content (AvgIpc) is 3.40. The molecule has 0 N–H and O–H groups in total. The number of hydrogen-bond donors (Lipinski definition) is 0. The van der Waals surface area contributed by atoms with Gasteiger partial charge in [-0.05, 0) is 61.3 Å². The van der Waals surface area contributed by atoms with E-state index in [1.165, 1.54) is 27.9 Å². The van der Waals surface area contributed by atoms with Crippen molar-refractivity contribution in [2.75, 3.05) is 4.90 Å². The molecule has 1 fully saturated rings. The van der Waals surface area contributed by atoms with Crippen LogP contribution in [0.15, 0.2) is 60.7 Å². The zero-order valence-corrected chi connectivity index (χ0v) is 30.1. The predicted molar refractivity (Wildman–Crippen MR) is 181 cm³/mol. The van der Waals surface area contributed by atoms with Crippen LogP contribution in [-0.2, 0) is 25.4 Å². The smallest absolute Gasteiger partial charge is 0.0439 e. The van der Waals surface area contributed by atoms with Gasteiger partial charge in [0, 0.05) is 16.2 Å². The second-order valence-corrected chi connectivity index (χ2v) is 19.1. The van der Waals surface area contributed by atoms with Crippen molar-refractivity contribution < 1.29 is 18.3 Å². The van der Waals surface area contributed by atoms with Crippen LogP contribution < -0.4 is 9.64 Å². The van der Waals surface area contributed by atoms with Crippen LogP contribution in [0.4, 0.5) is 5.69 Å². The molecule has 1 atom stereocenters. The molecule has 42 heavy (non-hydrogen) atoms. The van der Waals surface area contributed by atoms with Gasteiger partial charge in [-0.2, -0.15) is 0 Å². The summed E-state index contributed by atoms with van der Waals surface area (Å²) in [5.41, 5.74) is 8.31. The first-order chi connectivity index (χ1) is 19.8. The summed E-state index contributed by atoms with van der Waals surface area (Å²) in [6.07, 6.45) is 3.54. The topological polar surface area (TPSA) is 12.5 Å². The quantitative estimate of drug-likeness (QED) is 0.186. The van der Waals surface area contributed by atoms with E-state index in [0.717, 1.165) is 35.6 Å². The fraction of sp³-hybridized carbons (Fsp3) is 0.444. The van der Waals surface area contributed by atoms with Gasteiger partial charge in [0.1, 0.15) is 0 Å². The van der Waals surface area contributed by atoms with E-state index in [2.05, 4.69) is 83.3 Å². The van der Waals surface area contributed by atoms with Crippen LogP contribution in [0, 0.1) is 6.54 Å². The molecule has 1 spiro atoms. The monoisotopic (exact) mass is 714 g/mol. The maximum atomic E-state index is 6.56. The van der Waals surface area contributed by atoms with Crippen molar-refractivity contribution in [3.05, 3.63) is 100 Å². The van der Waals surface area contributed by atoms with Gasteiger partial charge >= 0.3 is 97.8 Å². The van der Waals surface area contributed by atoms with Crippen molar-refractivity contribution >= 4 is 41.3 Å². The Kier molecular flexibility index (Phi) is 11.0. The predicted octanol–water partition coefficient (Wildman–Crippen LogP) is 11.2. The third-order valence-electron chi connectivity index (χ3n) is 8.30. The van der Waals surface area contributed by atoms with Crippen molar-refractivity contribution in [2.45, 2.75) is 104 Å². The summed E-state index contributed by atoms with van der Waals surface area (Å²) in [5.74, 6) is 1.85. The van der Waals surface area contributed by atoms with Gasteiger partial charge in [0.05, 0.1) is 0 Å². The van der Waals surface area contributed by atoms with Crippen LogP contribution in [0.25, 0.3) is 0 Å². The van der Waals surface area contributed by atoms with E-state index in [9.17, 15) is 0 Å². The second-order valence-electron chi connectivity index (χ2n) is 13.0. The Balaban J connectivity index is 0.000000244. The van der Waals surface area contributed by atoms with Gasteiger partial charge in [-0.15, -0.1) is 5.41 Å². The van der Waals surface area contributed by atoms with Gasteiger partial charge in [0.15, 0.2) is 0 Å². The standard InChI is InChI=1S/C26H33ClN.C10H12O.2ClH.Ru/c1-17(2)19-9-7-10-20(18(3)4)24(19)28-16-26(15-25(28,5)6)14-13-21-22(26)11-8-12-23(21)27;1-8(2)11-10-7-5-4-6-9(10)3;;;/h7-12,16-18H,13-15H2,1-6H3;3-8H,1-2H3;2*1H;/q-1;;;;+2/p-2/t26-;;;;/m0..../s1. The van der Waals surface area contributed by atoms with Crippen molar-refractivity contribution in [2.24, 2.45) is 0 Å². The number of fused-ring (bicyclic) bond motifs is 2. The van der Waals surface area contributed by atoms with E-state index < -0.39 is 13.5 Å². The molecule has 2 aliphatic rings. The zero-order valence-electron chi connectivity index (χ0n) is 26.1. The third kappa shape index (κ3) is 7.29. The molecule has 0 bridgehead atoms. The Morgan fingerprint density at radius 1 is 0.881 bits per heavy atom. The van der Waals surface area contributed by atoms with Crippen LogP contribution in [0.1, 0.15) is 108 Å². The molecule has 1 saturated heterocycles. The number of ether oxygens (including phenoxy) is 1. The van der Waals surface area contributed by atoms with Gasteiger partial charge in [-0.1, -0.05) is 81.6 Å². The molecule has 0 amide bonds. The van der Waals surface area contributed by atoms with E-state index in [4.69, 9.17) is 35.7 Å². The summed E-state index contributed by atoms with van der Waals surface area (Å²) in [7, 11) is 11.6. The zero-order chi connectivity index (χ0) is 30.8. The number of anilines is 1. The molecule has 5 rings (SSSR count). The molecular weight excluding hydrogens is 670 g/mol. The molecule has 0 radical (unpaired) electrons. The van der Waals surface area contributed by atoms with Gasteiger partial charge in [0.25, 0.3) is 0 Å². The Hall–Kier alpha value is -1.38. The molecule has 230 valence electrons. The SMILES string of the molecule is CC(C)Oc1ccccc1[CH]=[Ru]([Cl])[Cl].CC(C)c1cccc(C(C)C)c1N1[CH-][C@]2(CCc3c(Cl)cccc32)CC1(C)C. The third-order valence-corrected chi connectivity index (χ3v) is 10.5. The molecule has 0 aromatic heterocycles. The van der Waals surface area contributed by atoms with Crippen molar-refractivity contribution in [1.29, 1.82) is 0 Å². The molecule has 0 saturated carbocycles. The molecule has 1 aliphatic carbocycles. The minimum atomic E-state index is -1.77. The number of hydrogen-bond acceptors (Lipinski definition) is 2. The number of para-hydroxylation sites is 2. The van der Waals surface area contributed by atoms with Crippen LogP contribution in [-0.4, -0.2) is 16.3 Å². The number of halogens is 3. The van der Waals surface area contributed by atoms with Crippen molar-refractivity contribution in [1.82, 2.24) is 0 Å². The molecule has 0 unspecified atom stereocenters. The van der Waals surface area contributed by atoms with E-state index in [-0.39, 0.29) is 17.1 Å². The maximum Gasteiger partial charge on any atom is 0.0439 e. The normalized spacial score (nSPS) is 19.3. The van der Waals surface area contributed by atoms with Crippen LogP contribution >= 0.6 is 31.0 Å². The van der Waals surface area contributed by atoms with Crippen molar-refractivity contribution in [3.8, 4) is 5.75 Å². The summed E-state index contributed by atoms with van der Waals surface area (Å²) >= 11 is 4.79. The molecule has 2 nitrogen and oxygen atoms in total. The Labute approximate surface area is 272 Å². The fourth-order valence-corrected chi connectivity index (χ4v) is 8.65. The first-order valence-electron chi connectivity index (χ1n) is 14.9. The maximum absolute atomic E-state index is 6.56. The number of benzene rings is 3. The second kappa shape index (κ2) is 13.7. The molecule has 1 aliphatic heterocycles. The molecule has 3 aromatic carbocycles. The first kappa shape index (κ1) is 33.5. The Bertz CT molecular complexity index is 1400. The van der Waals surface area contributed by atoms with Crippen LogP contribution in [0.5, 0.6) is 5.75 Å². The molecule has 1 heterocycles. The van der Waals surface area contributed by atoms with Crippen molar-refractivity contribution in [3.63, 3.8) is 0 Å². The Morgan fingerprint density at radius 3 is 2.10 bits per heavy atom. The Morgan fingerprint density at radius 2 is 1.50 bits per heavy atom. The largest absolute Gasteiger partial charge is 0.517 e. The fourth-order valence-electron chi connectivity index (χ4n) is 6.57. The summed E-state index contributed by atoms with van der Waals surface area (Å²) < 4.78 is 7.51. The minimum Gasteiger partial charge on any atom is -0.517 e. The summed E-state index contributed by atoms with van der Waals surface area (Å²) in [6.45, 7) is 20.6. The van der Waals surface area contributed by atoms with Crippen LogP contribution in [0.2, 0.25) is 5.02 Å². The average molecular weight is 715 g/mol. The van der Waals surface area contributed by atoms with Gasteiger partial charge in [-0.3, -0.25) is 0 Å². The van der Waals surface area contributed by atoms with Gasteiger partial charge in [-0.25, -0.2) is 6.54 Å². The molecular formula is C36H45Cl3NORu-. The number of rotatable bonds is 6. The minimum absolute atomic E-state index is 0.0680. The van der Waals surface area contributed by atoms with Crippen LogP contribution in [0.3, 0.4) is 0 Å². The van der Waals surface area contributed by atoms with E-state index in [0.29, 0.717) is 11.8 Å². The summed E-state index contributed by atoms with van der Waals surface area (Å²) in [6, 6.07) is 21.1. The molecule has 3 aromatic rings. The summed E-state index contributed by atoms with van der Waals surface area (Å²) in [4.78, 5) is 2.62. The molecule has 6 heteroatoms. The summed E-state index contributed by atoms with van der Waals surface area (Å²) in [5, 5.41) is 0.935.